The van der Waals surface area contributed by atoms with Crippen molar-refractivity contribution < 1.29 is 4.74 Å². The maximum Gasteiger partial charge on any atom is 0.0955 e. The maximum atomic E-state index is 5.31. The fraction of sp³-hybridized carbons (Fsp3) is 0.417. The van der Waals surface area contributed by atoms with E-state index in [4.69, 9.17) is 4.74 Å². The van der Waals surface area contributed by atoms with E-state index < -0.39 is 0 Å². The highest BCUT2D eigenvalue weighted by atomic mass is 16.5. The van der Waals surface area contributed by atoms with Gasteiger partial charge in [-0.1, -0.05) is 6.07 Å². The van der Waals surface area contributed by atoms with Crippen molar-refractivity contribution in [3.63, 3.8) is 0 Å². The molecular formula is C12H15N3O. The quantitative estimate of drug-likeness (QED) is 0.816. The number of hydrogen-bond donors (Lipinski definition) is 1. The van der Waals surface area contributed by atoms with E-state index in [1.54, 1.807) is 0 Å². The largest absolute Gasteiger partial charge is 0.377 e. The van der Waals surface area contributed by atoms with Gasteiger partial charge in [0, 0.05) is 7.05 Å². The van der Waals surface area contributed by atoms with Crippen LogP contribution in [0.15, 0.2) is 24.5 Å². The van der Waals surface area contributed by atoms with Gasteiger partial charge in [0.15, 0.2) is 0 Å². The second kappa shape index (κ2) is 3.30. The predicted octanol–water partition coefficient (Wildman–Crippen LogP) is 1.02. The molecule has 0 spiro atoms. The third-order valence-corrected chi connectivity index (χ3v) is 3.45. The minimum atomic E-state index is -0.00822. The zero-order valence-electron chi connectivity index (χ0n) is 9.53. The van der Waals surface area contributed by atoms with E-state index >= 15 is 0 Å². The van der Waals surface area contributed by atoms with Crippen LogP contribution in [0.5, 0.6) is 0 Å². The normalized spacial score (nSPS) is 18.6. The maximum absolute atomic E-state index is 5.31. The Kier molecular flexibility index (Phi) is 2.02. The summed E-state index contributed by atoms with van der Waals surface area (Å²) in [5, 5.41) is 3.34. The van der Waals surface area contributed by atoms with Crippen LogP contribution in [0.1, 0.15) is 5.56 Å². The second-order valence-corrected chi connectivity index (χ2v) is 4.38. The monoisotopic (exact) mass is 217 g/mol. The Balaban J connectivity index is 2.11. The number of nitrogens with zero attached hydrogens (tertiary/aromatic N) is 2. The molecule has 0 amide bonds. The molecule has 1 aromatic carbocycles. The molecule has 0 radical (unpaired) electrons. The van der Waals surface area contributed by atoms with Gasteiger partial charge in [-0.15, -0.1) is 0 Å². The fourth-order valence-electron chi connectivity index (χ4n) is 2.20. The highest BCUT2D eigenvalue weighted by molar-refractivity contribution is 5.76. The van der Waals surface area contributed by atoms with Crippen LogP contribution in [-0.4, -0.2) is 29.8 Å². The van der Waals surface area contributed by atoms with E-state index in [0.717, 1.165) is 24.2 Å². The molecule has 1 aliphatic rings. The first-order valence-electron chi connectivity index (χ1n) is 5.43. The summed E-state index contributed by atoms with van der Waals surface area (Å²) in [5.74, 6) is 0. The van der Waals surface area contributed by atoms with E-state index in [2.05, 4.69) is 28.5 Å². The molecule has 0 atom stereocenters. The summed E-state index contributed by atoms with van der Waals surface area (Å²) in [4.78, 5) is 4.38. The van der Waals surface area contributed by atoms with Gasteiger partial charge in [-0.3, -0.25) is 0 Å². The molecule has 0 aliphatic carbocycles. The SMILES string of the molecule is CNC1(c2ccc3c(c2)ncn3C)COC1. The van der Waals surface area contributed by atoms with Gasteiger partial charge in [0.25, 0.3) is 0 Å². The van der Waals surface area contributed by atoms with Gasteiger partial charge in [-0.25, -0.2) is 4.98 Å². The Labute approximate surface area is 94.2 Å². The molecule has 84 valence electrons. The van der Waals surface area contributed by atoms with Crippen molar-refractivity contribution in [3.05, 3.63) is 30.1 Å². The van der Waals surface area contributed by atoms with Crippen molar-refractivity contribution >= 4 is 11.0 Å². The number of aryl methyl sites for hydroxylation is 1. The van der Waals surface area contributed by atoms with Crippen LogP contribution in [0.2, 0.25) is 0 Å². The van der Waals surface area contributed by atoms with Gasteiger partial charge < -0.3 is 14.6 Å². The van der Waals surface area contributed by atoms with Crippen LogP contribution in [0.25, 0.3) is 11.0 Å². The molecule has 1 aliphatic heterocycles. The van der Waals surface area contributed by atoms with Gasteiger partial charge in [-0.05, 0) is 24.7 Å². The molecule has 1 fully saturated rings. The average molecular weight is 217 g/mol. The van der Waals surface area contributed by atoms with Gasteiger partial charge in [0.2, 0.25) is 0 Å². The van der Waals surface area contributed by atoms with E-state index in [-0.39, 0.29) is 5.54 Å². The van der Waals surface area contributed by atoms with Crippen LogP contribution in [0.3, 0.4) is 0 Å². The lowest BCUT2D eigenvalue weighted by Gasteiger charge is -2.41. The Morgan fingerprint density at radius 1 is 1.44 bits per heavy atom. The van der Waals surface area contributed by atoms with E-state index in [0.29, 0.717) is 0 Å². The molecular weight excluding hydrogens is 202 g/mol. The van der Waals surface area contributed by atoms with Crippen LogP contribution < -0.4 is 5.32 Å². The highest BCUT2D eigenvalue weighted by Gasteiger charge is 2.38. The van der Waals surface area contributed by atoms with Crippen molar-refractivity contribution in [2.75, 3.05) is 20.3 Å². The van der Waals surface area contributed by atoms with E-state index in [1.807, 2.05) is 25.0 Å². The summed E-state index contributed by atoms with van der Waals surface area (Å²) in [5.41, 5.74) is 3.45. The molecule has 3 rings (SSSR count). The number of fused-ring (bicyclic) bond motifs is 1. The van der Waals surface area contributed by atoms with Crippen LogP contribution >= 0.6 is 0 Å². The first-order chi connectivity index (χ1) is 7.75. The summed E-state index contributed by atoms with van der Waals surface area (Å²) in [6.07, 6.45) is 1.85. The van der Waals surface area contributed by atoms with Gasteiger partial charge in [-0.2, -0.15) is 0 Å². The molecule has 1 N–H and O–H groups in total. The highest BCUT2D eigenvalue weighted by Crippen LogP contribution is 2.30. The van der Waals surface area contributed by atoms with Crippen molar-refractivity contribution in [1.29, 1.82) is 0 Å². The lowest BCUT2D eigenvalue weighted by molar-refractivity contribution is -0.0747. The van der Waals surface area contributed by atoms with Crippen molar-refractivity contribution in [2.24, 2.45) is 7.05 Å². The lowest BCUT2D eigenvalue weighted by Crippen LogP contribution is -2.56. The minimum absolute atomic E-state index is 0.00822. The Morgan fingerprint density at radius 3 is 2.88 bits per heavy atom. The molecule has 0 bridgehead atoms. The zero-order chi connectivity index (χ0) is 11.2. The van der Waals surface area contributed by atoms with Crippen molar-refractivity contribution in [2.45, 2.75) is 5.54 Å². The van der Waals surface area contributed by atoms with Gasteiger partial charge >= 0.3 is 0 Å². The Hall–Kier alpha value is -1.39. The molecule has 2 aromatic rings. The van der Waals surface area contributed by atoms with Crippen molar-refractivity contribution in [1.82, 2.24) is 14.9 Å². The number of ether oxygens (including phenoxy) is 1. The lowest BCUT2D eigenvalue weighted by atomic mass is 9.88. The summed E-state index contributed by atoms with van der Waals surface area (Å²) < 4.78 is 7.34. The molecule has 1 aromatic heterocycles. The predicted molar refractivity (Wildman–Crippen MR) is 62.3 cm³/mol. The van der Waals surface area contributed by atoms with Crippen LogP contribution in [-0.2, 0) is 17.3 Å². The summed E-state index contributed by atoms with van der Waals surface area (Å²) >= 11 is 0. The number of aromatic nitrogens is 2. The standard InChI is InChI=1S/C12H15N3O/c1-13-12(6-16-7-12)9-3-4-11-10(5-9)14-8-15(11)2/h3-5,8,13H,6-7H2,1-2H3. The minimum Gasteiger partial charge on any atom is -0.377 e. The molecule has 0 unspecified atom stereocenters. The number of nitrogens with one attached hydrogen (secondary N) is 1. The zero-order valence-corrected chi connectivity index (χ0v) is 9.53. The summed E-state index contributed by atoms with van der Waals surface area (Å²) in [7, 11) is 3.99. The third-order valence-electron chi connectivity index (χ3n) is 3.45. The van der Waals surface area contributed by atoms with Crippen LogP contribution in [0, 0.1) is 0 Å². The fourth-order valence-corrected chi connectivity index (χ4v) is 2.20. The smallest absolute Gasteiger partial charge is 0.0955 e. The number of benzene rings is 1. The molecule has 2 heterocycles. The number of likely N-dealkylation sites (N-methyl/N-ethyl adjacent to an activating group) is 1. The molecule has 1 saturated heterocycles. The molecule has 0 saturated carbocycles. The number of imidazole rings is 1. The van der Waals surface area contributed by atoms with Crippen LogP contribution in [0.4, 0.5) is 0 Å². The van der Waals surface area contributed by atoms with Gasteiger partial charge in [0.05, 0.1) is 36.1 Å². The number of rotatable bonds is 2. The first kappa shape index (κ1) is 9.81. The summed E-state index contributed by atoms with van der Waals surface area (Å²) in [6.45, 7) is 1.48. The molecule has 4 nitrogen and oxygen atoms in total. The molecule has 4 heteroatoms. The molecule has 16 heavy (non-hydrogen) atoms. The first-order valence-corrected chi connectivity index (χ1v) is 5.43. The summed E-state index contributed by atoms with van der Waals surface area (Å²) in [6, 6.07) is 6.42. The Bertz CT molecular complexity index is 523. The topological polar surface area (TPSA) is 39.1 Å². The van der Waals surface area contributed by atoms with E-state index in [9.17, 15) is 0 Å². The van der Waals surface area contributed by atoms with Crippen molar-refractivity contribution in [3.8, 4) is 0 Å². The van der Waals surface area contributed by atoms with E-state index in [1.165, 1.54) is 5.56 Å². The third kappa shape index (κ3) is 1.20. The second-order valence-electron chi connectivity index (χ2n) is 4.38. The van der Waals surface area contributed by atoms with Gasteiger partial charge in [0.1, 0.15) is 0 Å². The Morgan fingerprint density at radius 2 is 2.25 bits per heavy atom. The number of hydrogen-bond acceptors (Lipinski definition) is 3. The average Bonchev–Trinajstić information content (AvgIpc) is 2.60.